The Morgan fingerprint density at radius 3 is 2.56 bits per heavy atom. The van der Waals surface area contributed by atoms with Crippen molar-refractivity contribution in [1.82, 2.24) is 0 Å². The number of hydrogen-bond acceptors (Lipinski definition) is 2. The maximum Gasteiger partial charge on any atom is 0.138 e. The van der Waals surface area contributed by atoms with Gasteiger partial charge in [0.25, 0.3) is 0 Å². The predicted molar refractivity (Wildman–Crippen MR) is 62.3 cm³/mol. The van der Waals surface area contributed by atoms with Gasteiger partial charge in [-0.15, -0.1) is 0 Å². The minimum atomic E-state index is -0.554. The van der Waals surface area contributed by atoms with Gasteiger partial charge in [0.2, 0.25) is 0 Å². The van der Waals surface area contributed by atoms with E-state index in [1.807, 2.05) is 0 Å². The number of rotatable bonds is 2. The highest BCUT2D eigenvalue weighted by molar-refractivity contribution is 6.32. The van der Waals surface area contributed by atoms with Crippen molar-refractivity contribution < 1.29 is 9.13 Å². The molecule has 88 valence electrons. The van der Waals surface area contributed by atoms with Crippen molar-refractivity contribution in [3.8, 4) is 5.75 Å². The molecule has 2 rings (SSSR count). The Balaban J connectivity index is 2.47. The van der Waals surface area contributed by atoms with Crippen LogP contribution in [0.3, 0.4) is 0 Å². The summed E-state index contributed by atoms with van der Waals surface area (Å²) in [6, 6.07) is 2.91. The van der Waals surface area contributed by atoms with Crippen molar-refractivity contribution in [3.63, 3.8) is 0 Å². The summed E-state index contributed by atoms with van der Waals surface area (Å²) in [6.07, 6.45) is 3.71. The van der Waals surface area contributed by atoms with Crippen LogP contribution >= 0.6 is 11.6 Å². The van der Waals surface area contributed by atoms with E-state index in [0.717, 1.165) is 25.7 Å². The Hall–Kier alpha value is -0.800. The number of methoxy groups -OCH3 is 1. The van der Waals surface area contributed by atoms with Gasteiger partial charge in [-0.1, -0.05) is 24.4 Å². The lowest BCUT2D eigenvalue weighted by Crippen LogP contribution is -2.34. The summed E-state index contributed by atoms with van der Waals surface area (Å²) >= 11 is 5.85. The van der Waals surface area contributed by atoms with Crippen molar-refractivity contribution in [2.45, 2.75) is 31.2 Å². The molecule has 1 aromatic carbocycles. The normalized spacial score (nSPS) is 18.8. The van der Waals surface area contributed by atoms with Gasteiger partial charge in [0, 0.05) is 11.1 Å². The van der Waals surface area contributed by atoms with Gasteiger partial charge >= 0.3 is 0 Å². The lowest BCUT2D eigenvalue weighted by Gasteiger charge is -2.25. The van der Waals surface area contributed by atoms with Gasteiger partial charge < -0.3 is 10.5 Å². The topological polar surface area (TPSA) is 35.2 Å². The smallest absolute Gasteiger partial charge is 0.138 e. The average molecular weight is 244 g/mol. The third kappa shape index (κ3) is 1.89. The monoisotopic (exact) mass is 243 g/mol. The molecule has 4 heteroatoms. The Morgan fingerprint density at radius 1 is 1.38 bits per heavy atom. The molecule has 1 fully saturated rings. The SMILES string of the molecule is COc1cc(C2(N)CCCC2)c(F)cc1Cl. The first-order valence-electron chi connectivity index (χ1n) is 5.39. The molecule has 0 heterocycles. The van der Waals surface area contributed by atoms with E-state index in [0.29, 0.717) is 11.3 Å². The van der Waals surface area contributed by atoms with E-state index in [1.165, 1.54) is 13.2 Å². The van der Waals surface area contributed by atoms with Crippen molar-refractivity contribution >= 4 is 11.6 Å². The van der Waals surface area contributed by atoms with Gasteiger partial charge in [-0.3, -0.25) is 0 Å². The van der Waals surface area contributed by atoms with Crippen molar-refractivity contribution in [2.75, 3.05) is 7.11 Å². The van der Waals surface area contributed by atoms with E-state index in [-0.39, 0.29) is 10.8 Å². The summed E-state index contributed by atoms with van der Waals surface area (Å²) in [5.74, 6) is 0.144. The minimum absolute atomic E-state index is 0.283. The maximum absolute atomic E-state index is 13.8. The van der Waals surface area contributed by atoms with Crippen LogP contribution in [-0.2, 0) is 5.54 Å². The highest BCUT2D eigenvalue weighted by Gasteiger charge is 2.34. The van der Waals surface area contributed by atoms with E-state index in [2.05, 4.69) is 0 Å². The Labute approximate surface area is 99.5 Å². The van der Waals surface area contributed by atoms with Crippen LogP contribution in [-0.4, -0.2) is 7.11 Å². The van der Waals surface area contributed by atoms with Crippen molar-refractivity contribution in [1.29, 1.82) is 0 Å². The van der Waals surface area contributed by atoms with Crippen LogP contribution < -0.4 is 10.5 Å². The molecule has 0 amide bonds. The minimum Gasteiger partial charge on any atom is -0.495 e. The van der Waals surface area contributed by atoms with Crippen LogP contribution in [0.15, 0.2) is 12.1 Å². The molecule has 1 saturated carbocycles. The number of hydrogen-bond donors (Lipinski definition) is 1. The summed E-state index contributed by atoms with van der Waals surface area (Å²) in [4.78, 5) is 0. The molecule has 1 aliphatic rings. The van der Waals surface area contributed by atoms with Gasteiger partial charge in [-0.25, -0.2) is 4.39 Å². The molecular formula is C12H15ClFNO. The van der Waals surface area contributed by atoms with E-state index < -0.39 is 5.54 Å². The van der Waals surface area contributed by atoms with Gasteiger partial charge in [0.05, 0.1) is 12.1 Å². The summed E-state index contributed by atoms with van der Waals surface area (Å²) in [5.41, 5.74) is 6.18. The molecule has 0 unspecified atom stereocenters. The van der Waals surface area contributed by atoms with Crippen LogP contribution in [0.5, 0.6) is 5.75 Å². The van der Waals surface area contributed by atoms with E-state index >= 15 is 0 Å². The average Bonchev–Trinajstić information content (AvgIpc) is 2.66. The zero-order valence-electron chi connectivity index (χ0n) is 9.22. The van der Waals surface area contributed by atoms with Gasteiger partial charge in [-0.05, 0) is 25.0 Å². The fraction of sp³-hybridized carbons (Fsp3) is 0.500. The Kier molecular flexibility index (Phi) is 3.08. The first-order valence-corrected chi connectivity index (χ1v) is 5.77. The number of ether oxygens (including phenoxy) is 1. The molecule has 0 aromatic heterocycles. The second-order valence-electron chi connectivity index (χ2n) is 4.33. The highest BCUT2D eigenvalue weighted by atomic mass is 35.5. The third-order valence-corrected chi connectivity index (χ3v) is 3.57. The lowest BCUT2D eigenvalue weighted by atomic mass is 9.89. The van der Waals surface area contributed by atoms with Crippen molar-refractivity contribution in [3.05, 3.63) is 28.5 Å². The fourth-order valence-electron chi connectivity index (χ4n) is 2.34. The largest absolute Gasteiger partial charge is 0.495 e. The zero-order valence-corrected chi connectivity index (χ0v) is 9.98. The standard InChI is InChI=1S/C12H15ClFNO/c1-16-11-6-8(10(14)7-9(11)13)12(15)4-2-3-5-12/h6-7H,2-5,15H2,1H3. The summed E-state index contributed by atoms with van der Waals surface area (Å²) in [6.45, 7) is 0. The summed E-state index contributed by atoms with van der Waals surface area (Å²) in [5, 5.41) is 0.283. The van der Waals surface area contributed by atoms with Crippen LogP contribution in [0.1, 0.15) is 31.2 Å². The molecule has 0 bridgehead atoms. The Morgan fingerprint density at radius 2 is 2.00 bits per heavy atom. The van der Waals surface area contributed by atoms with Gasteiger partial charge in [0.1, 0.15) is 11.6 Å². The van der Waals surface area contributed by atoms with Crippen LogP contribution in [0.4, 0.5) is 4.39 Å². The molecule has 0 aliphatic heterocycles. The third-order valence-electron chi connectivity index (χ3n) is 3.27. The molecule has 0 saturated heterocycles. The number of benzene rings is 1. The van der Waals surface area contributed by atoms with Gasteiger partial charge in [-0.2, -0.15) is 0 Å². The second-order valence-corrected chi connectivity index (χ2v) is 4.74. The van der Waals surface area contributed by atoms with Crippen LogP contribution in [0.25, 0.3) is 0 Å². The predicted octanol–water partition coefficient (Wildman–Crippen LogP) is 3.22. The molecular weight excluding hydrogens is 229 g/mol. The molecule has 0 spiro atoms. The lowest BCUT2D eigenvalue weighted by molar-refractivity contribution is 0.400. The number of nitrogens with two attached hydrogens (primary N) is 1. The molecule has 0 radical (unpaired) electrons. The van der Waals surface area contributed by atoms with Crippen LogP contribution in [0.2, 0.25) is 5.02 Å². The number of halogens is 2. The molecule has 1 aromatic rings. The summed E-state index contributed by atoms with van der Waals surface area (Å²) in [7, 11) is 1.51. The molecule has 16 heavy (non-hydrogen) atoms. The maximum atomic E-state index is 13.8. The molecule has 1 aliphatic carbocycles. The molecule has 0 atom stereocenters. The second kappa shape index (κ2) is 4.22. The van der Waals surface area contributed by atoms with E-state index in [9.17, 15) is 4.39 Å². The first-order chi connectivity index (χ1) is 7.57. The van der Waals surface area contributed by atoms with Crippen LogP contribution in [0, 0.1) is 5.82 Å². The summed E-state index contributed by atoms with van der Waals surface area (Å²) < 4.78 is 18.9. The fourth-order valence-corrected chi connectivity index (χ4v) is 2.57. The highest BCUT2D eigenvalue weighted by Crippen LogP contribution is 2.40. The van der Waals surface area contributed by atoms with Crippen molar-refractivity contribution in [2.24, 2.45) is 5.73 Å². The quantitative estimate of drug-likeness (QED) is 0.866. The molecule has 2 N–H and O–H groups in total. The Bertz CT molecular complexity index is 402. The van der Waals surface area contributed by atoms with E-state index in [4.69, 9.17) is 22.1 Å². The zero-order chi connectivity index (χ0) is 11.8. The first kappa shape index (κ1) is 11.7. The molecule has 2 nitrogen and oxygen atoms in total. The van der Waals surface area contributed by atoms with E-state index in [1.54, 1.807) is 6.07 Å². The van der Waals surface area contributed by atoms with Gasteiger partial charge in [0.15, 0.2) is 0 Å².